The smallest absolute Gasteiger partial charge is 0.374 e. The average molecular weight is 316 g/mol. The van der Waals surface area contributed by atoms with Gasteiger partial charge in [-0.3, -0.25) is 4.57 Å². The molecule has 2 aromatic rings. The van der Waals surface area contributed by atoms with E-state index in [1.807, 2.05) is 60.7 Å². The molecular formula is C17H17O4P. The van der Waals surface area contributed by atoms with Crippen molar-refractivity contribution in [3.63, 3.8) is 0 Å². The fourth-order valence-electron chi connectivity index (χ4n) is 2.48. The average Bonchev–Trinajstić information content (AvgIpc) is 2.61. The predicted octanol–water partition coefficient (Wildman–Crippen LogP) is 4.70. The molecular weight excluding hydrogens is 299 g/mol. The molecule has 0 saturated heterocycles. The second-order valence-electron chi connectivity index (χ2n) is 4.88. The van der Waals surface area contributed by atoms with Crippen LogP contribution >= 0.6 is 7.60 Å². The van der Waals surface area contributed by atoms with Crippen molar-refractivity contribution in [3.05, 3.63) is 71.3 Å². The number of ether oxygens (including phenoxy) is 1. The third kappa shape index (κ3) is 2.61. The number of benzene rings is 2. The lowest BCUT2D eigenvalue weighted by Gasteiger charge is -2.30. The van der Waals surface area contributed by atoms with Crippen LogP contribution in [0.4, 0.5) is 0 Å². The summed E-state index contributed by atoms with van der Waals surface area (Å²) in [6.07, 6.45) is 1.94. The SMILES string of the molecule is COP(=O)(OC)C1OC(c2ccccc2)=Cc2ccccc21. The van der Waals surface area contributed by atoms with Crippen molar-refractivity contribution in [1.29, 1.82) is 0 Å². The van der Waals surface area contributed by atoms with E-state index in [9.17, 15) is 4.57 Å². The number of hydrogen-bond acceptors (Lipinski definition) is 4. The molecule has 0 radical (unpaired) electrons. The molecule has 0 spiro atoms. The van der Waals surface area contributed by atoms with Gasteiger partial charge in [0, 0.05) is 25.3 Å². The van der Waals surface area contributed by atoms with Crippen molar-refractivity contribution in [1.82, 2.24) is 0 Å². The first kappa shape index (κ1) is 15.0. The molecule has 2 aromatic carbocycles. The Labute approximate surface area is 129 Å². The maximum absolute atomic E-state index is 12.8. The van der Waals surface area contributed by atoms with Crippen molar-refractivity contribution in [2.45, 2.75) is 5.85 Å². The topological polar surface area (TPSA) is 44.8 Å². The molecule has 1 heterocycles. The quantitative estimate of drug-likeness (QED) is 0.767. The Hall–Kier alpha value is -1.87. The van der Waals surface area contributed by atoms with Gasteiger partial charge in [-0.2, -0.15) is 0 Å². The Morgan fingerprint density at radius 2 is 1.59 bits per heavy atom. The van der Waals surface area contributed by atoms with Gasteiger partial charge in [0.2, 0.25) is 5.85 Å². The standard InChI is InChI=1S/C17H17O4P/c1-19-22(18,20-2)17-15-11-7-6-10-14(15)12-16(21-17)13-8-4-3-5-9-13/h3-12,17H,1-2H3. The maximum Gasteiger partial charge on any atom is 0.374 e. The molecule has 0 N–H and O–H groups in total. The monoisotopic (exact) mass is 316 g/mol. The minimum atomic E-state index is -3.41. The van der Waals surface area contributed by atoms with Crippen molar-refractivity contribution >= 4 is 19.4 Å². The predicted molar refractivity (Wildman–Crippen MR) is 86.2 cm³/mol. The van der Waals surface area contributed by atoms with Crippen LogP contribution in [-0.4, -0.2) is 14.2 Å². The maximum atomic E-state index is 12.8. The summed E-state index contributed by atoms with van der Waals surface area (Å²) in [6, 6.07) is 17.3. The number of hydrogen-bond donors (Lipinski definition) is 0. The Kier molecular flexibility index (Phi) is 4.16. The Balaban J connectivity index is 2.12. The zero-order chi connectivity index (χ0) is 15.6. The molecule has 0 aliphatic carbocycles. The lowest BCUT2D eigenvalue weighted by atomic mass is 10.0. The van der Waals surface area contributed by atoms with Crippen LogP contribution in [0.5, 0.6) is 0 Å². The first-order valence-electron chi connectivity index (χ1n) is 6.92. The molecule has 114 valence electrons. The van der Waals surface area contributed by atoms with Gasteiger partial charge < -0.3 is 13.8 Å². The Morgan fingerprint density at radius 1 is 0.955 bits per heavy atom. The van der Waals surface area contributed by atoms with Gasteiger partial charge in [-0.1, -0.05) is 54.6 Å². The molecule has 4 nitrogen and oxygen atoms in total. The fourth-order valence-corrected chi connectivity index (χ4v) is 3.83. The largest absolute Gasteiger partial charge is 0.472 e. The van der Waals surface area contributed by atoms with Gasteiger partial charge in [0.25, 0.3) is 0 Å². The molecule has 1 aliphatic heterocycles. The molecule has 0 fully saturated rings. The van der Waals surface area contributed by atoms with Crippen LogP contribution in [0, 0.1) is 0 Å². The highest BCUT2D eigenvalue weighted by Gasteiger charge is 2.41. The molecule has 0 bridgehead atoms. The van der Waals surface area contributed by atoms with Gasteiger partial charge in [0.05, 0.1) is 0 Å². The van der Waals surface area contributed by atoms with E-state index in [1.54, 1.807) is 0 Å². The van der Waals surface area contributed by atoms with Gasteiger partial charge in [-0.05, 0) is 11.6 Å². The molecule has 0 aromatic heterocycles. The molecule has 0 amide bonds. The summed E-state index contributed by atoms with van der Waals surface area (Å²) < 4.78 is 29.1. The summed E-state index contributed by atoms with van der Waals surface area (Å²) in [5.41, 5.74) is 2.67. The van der Waals surface area contributed by atoms with E-state index < -0.39 is 13.4 Å². The second kappa shape index (κ2) is 6.09. The first-order chi connectivity index (χ1) is 10.7. The summed E-state index contributed by atoms with van der Waals surface area (Å²) >= 11 is 0. The van der Waals surface area contributed by atoms with Gasteiger partial charge in [-0.25, -0.2) is 0 Å². The summed E-state index contributed by atoms with van der Waals surface area (Å²) in [4.78, 5) is 0. The zero-order valence-corrected chi connectivity index (χ0v) is 13.3. The Bertz CT molecular complexity index is 731. The van der Waals surface area contributed by atoms with Crippen molar-refractivity contribution in [2.24, 2.45) is 0 Å². The molecule has 5 heteroatoms. The van der Waals surface area contributed by atoms with Crippen LogP contribution < -0.4 is 0 Å². The summed E-state index contributed by atoms with van der Waals surface area (Å²) in [5.74, 6) is -0.127. The number of fused-ring (bicyclic) bond motifs is 1. The van der Waals surface area contributed by atoms with Crippen molar-refractivity contribution in [3.8, 4) is 0 Å². The second-order valence-corrected chi connectivity index (χ2v) is 7.16. The molecule has 22 heavy (non-hydrogen) atoms. The number of rotatable bonds is 4. The van der Waals surface area contributed by atoms with Crippen LogP contribution in [0.1, 0.15) is 22.5 Å². The minimum Gasteiger partial charge on any atom is -0.472 e. The van der Waals surface area contributed by atoms with Gasteiger partial charge in [0.15, 0.2) is 0 Å². The van der Waals surface area contributed by atoms with E-state index >= 15 is 0 Å². The van der Waals surface area contributed by atoms with Gasteiger partial charge in [0.1, 0.15) is 5.76 Å². The van der Waals surface area contributed by atoms with Crippen molar-refractivity contribution < 1.29 is 18.3 Å². The van der Waals surface area contributed by atoms with E-state index in [2.05, 4.69) is 0 Å². The molecule has 1 atom stereocenters. The third-order valence-corrected chi connectivity index (χ3v) is 5.62. The van der Waals surface area contributed by atoms with Crippen LogP contribution in [-0.2, 0) is 18.3 Å². The van der Waals surface area contributed by atoms with E-state index in [0.29, 0.717) is 5.76 Å². The summed E-state index contributed by atoms with van der Waals surface area (Å²) in [5, 5.41) is 0. The van der Waals surface area contributed by atoms with Crippen LogP contribution in [0.15, 0.2) is 54.6 Å². The Morgan fingerprint density at radius 3 is 2.27 bits per heavy atom. The summed E-state index contributed by atoms with van der Waals surface area (Å²) in [7, 11) is -0.666. The minimum absolute atomic E-state index is 0.652. The third-order valence-electron chi connectivity index (χ3n) is 3.64. The molecule has 3 rings (SSSR count). The molecule has 1 aliphatic rings. The molecule has 0 saturated carbocycles. The van der Waals surface area contributed by atoms with Gasteiger partial charge in [-0.15, -0.1) is 0 Å². The highest BCUT2D eigenvalue weighted by Crippen LogP contribution is 2.63. The van der Waals surface area contributed by atoms with Crippen LogP contribution in [0.2, 0.25) is 0 Å². The normalized spacial score (nSPS) is 17.4. The van der Waals surface area contributed by atoms with Crippen LogP contribution in [0.25, 0.3) is 11.8 Å². The lowest BCUT2D eigenvalue weighted by Crippen LogP contribution is -2.12. The highest BCUT2D eigenvalue weighted by molar-refractivity contribution is 7.54. The fraction of sp³-hybridized carbons (Fsp3) is 0.176. The van der Waals surface area contributed by atoms with E-state index in [-0.39, 0.29) is 0 Å². The van der Waals surface area contributed by atoms with Crippen molar-refractivity contribution in [2.75, 3.05) is 14.2 Å². The lowest BCUT2D eigenvalue weighted by molar-refractivity contribution is 0.169. The zero-order valence-electron chi connectivity index (χ0n) is 12.4. The highest BCUT2D eigenvalue weighted by atomic mass is 31.2. The van der Waals surface area contributed by atoms with Gasteiger partial charge >= 0.3 is 7.60 Å². The molecule has 1 unspecified atom stereocenters. The summed E-state index contributed by atoms with van der Waals surface area (Å²) in [6.45, 7) is 0. The van der Waals surface area contributed by atoms with Crippen LogP contribution in [0.3, 0.4) is 0 Å². The van der Waals surface area contributed by atoms with E-state index in [1.165, 1.54) is 14.2 Å². The van der Waals surface area contributed by atoms with E-state index in [0.717, 1.165) is 16.7 Å². The first-order valence-corrected chi connectivity index (χ1v) is 8.53. The van der Waals surface area contributed by atoms with E-state index in [4.69, 9.17) is 13.8 Å².